The minimum atomic E-state index is -3.27. The van der Waals surface area contributed by atoms with Crippen LogP contribution < -0.4 is 10.9 Å². The molecule has 1 saturated carbocycles. The summed E-state index contributed by atoms with van der Waals surface area (Å²) >= 11 is 0. The van der Waals surface area contributed by atoms with Crippen LogP contribution in [0.25, 0.3) is 11.0 Å². The Hall–Kier alpha value is -2.04. The lowest BCUT2D eigenvalue weighted by atomic mass is 9.89. The molecule has 1 atom stereocenters. The van der Waals surface area contributed by atoms with Crippen LogP contribution in [0.15, 0.2) is 17.1 Å². The van der Waals surface area contributed by atoms with Crippen molar-refractivity contribution >= 4 is 27.0 Å². The number of sulfonamides is 1. The molecule has 0 spiro atoms. The molecule has 176 valence electrons. The van der Waals surface area contributed by atoms with Crippen LogP contribution in [0.4, 0.5) is 5.95 Å². The molecule has 4 rings (SSSR count). The maximum absolute atomic E-state index is 13.2. The Bertz CT molecular complexity index is 1150. The number of piperidine rings is 1. The molecule has 10 heteroatoms. The van der Waals surface area contributed by atoms with E-state index in [2.05, 4.69) is 10.3 Å². The smallest absolute Gasteiger partial charge is 0.255 e. The van der Waals surface area contributed by atoms with Crippen LogP contribution >= 0.6 is 0 Å². The molecule has 2 aromatic heterocycles. The molecule has 1 aliphatic heterocycles. The Morgan fingerprint density at radius 1 is 1.25 bits per heavy atom. The number of aromatic nitrogens is 3. The average Bonchev–Trinajstić information content (AvgIpc) is 3.21. The van der Waals surface area contributed by atoms with Crippen molar-refractivity contribution in [3.05, 3.63) is 28.2 Å². The first-order chi connectivity index (χ1) is 15.1. The van der Waals surface area contributed by atoms with Gasteiger partial charge in [-0.05, 0) is 45.6 Å². The fourth-order valence-corrected chi connectivity index (χ4v) is 6.76. The van der Waals surface area contributed by atoms with E-state index in [0.29, 0.717) is 43.0 Å². The summed E-state index contributed by atoms with van der Waals surface area (Å²) in [5.74, 6) is 0.451. The van der Waals surface area contributed by atoms with Crippen molar-refractivity contribution in [3.8, 4) is 0 Å². The van der Waals surface area contributed by atoms with Crippen molar-refractivity contribution in [2.24, 2.45) is 0 Å². The Balaban J connectivity index is 1.66. The summed E-state index contributed by atoms with van der Waals surface area (Å²) < 4.78 is 27.6. The molecule has 0 bridgehead atoms. The normalized spacial score (nSPS) is 22.4. The first kappa shape index (κ1) is 23.1. The number of hydrogen-bond acceptors (Lipinski definition) is 7. The molecule has 2 N–H and O–H groups in total. The van der Waals surface area contributed by atoms with Gasteiger partial charge in [-0.1, -0.05) is 12.8 Å². The summed E-state index contributed by atoms with van der Waals surface area (Å²) in [6, 6.07) is 1.93. The molecule has 1 unspecified atom stereocenters. The third-order valence-electron chi connectivity index (χ3n) is 6.75. The number of rotatable bonds is 6. The fraction of sp³-hybridized carbons (Fsp3) is 0.682. The van der Waals surface area contributed by atoms with E-state index in [9.17, 15) is 18.3 Å². The highest BCUT2D eigenvalue weighted by Crippen LogP contribution is 2.32. The van der Waals surface area contributed by atoms with Gasteiger partial charge >= 0.3 is 0 Å². The van der Waals surface area contributed by atoms with Gasteiger partial charge in [-0.2, -0.15) is 9.29 Å². The summed E-state index contributed by atoms with van der Waals surface area (Å²) in [6.07, 6.45) is 8.66. The van der Waals surface area contributed by atoms with Gasteiger partial charge in [0.25, 0.3) is 5.56 Å². The van der Waals surface area contributed by atoms with Gasteiger partial charge in [0.05, 0.1) is 6.26 Å². The van der Waals surface area contributed by atoms with Crippen molar-refractivity contribution < 1.29 is 13.5 Å². The minimum Gasteiger partial charge on any atom is -0.396 e. The fourth-order valence-electron chi connectivity index (χ4n) is 5.35. The van der Waals surface area contributed by atoms with Gasteiger partial charge in [0.1, 0.15) is 5.65 Å². The standard InChI is InChI=1S/C22H33N5O4S/c1-22(2)13-17(8-10-26(22)32(3,30)31)24-21-23-14-16-12-15(9-11-28)20(29)27(19(16)25-21)18-6-4-5-7-18/h12,14,17-18,28H,4-11,13H2,1-3H3,(H,23,24,25). The third-order valence-corrected chi connectivity index (χ3v) is 8.23. The summed E-state index contributed by atoms with van der Waals surface area (Å²) in [5, 5.41) is 13.5. The third kappa shape index (κ3) is 4.53. The summed E-state index contributed by atoms with van der Waals surface area (Å²) in [4.78, 5) is 22.4. The maximum Gasteiger partial charge on any atom is 0.255 e. The number of pyridine rings is 1. The molecule has 0 amide bonds. The zero-order valence-electron chi connectivity index (χ0n) is 19.0. The number of aliphatic hydroxyl groups is 1. The highest BCUT2D eigenvalue weighted by Gasteiger charge is 2.40. The summed E-state index contributed by atoms with van der Waals surface area (Å²) in [5.41, 5.74) is 0.622. The first-order valence-electron chi connectivity index (χ1n) is 11.4. The minimum absolute atomic E-state index is 0.0285. The largest absolute Gasteiger partial charge is 0.396 e. The van der Waals surface area contributed by atoms with Gasteiger partial charge in [-0.3, -0.25) is 9.36 Å². The quantitative estimate of drug-likeness (QED) is 0.673. The van der Waals surface area contributed by atoms with Crippen LogP contribution in [0.3, 0.4) is 0 Å². The second kappa shape index (κ2) is 8.72. The van der Waals surface area contributed by atoms with Gasteiger partial charge in [-0.25, -0.2) is 13.4 Å². The molecular formula is C22H33N5O4S. The molecule has 0 radical (unpaired) electrons. The molecule has 2 aromatic rings. The molecule has 3 heterocycles. The number of hydrogen-bond donors (Lipinski definition) is 2. The molecule has 1 aliphatic carbocycles. The van der Waals surface area contributed by atoms with Gasteiger partial charge in [-0.15, -0.1) is 0 Å². The molecule has 9 nitrogen and oxygen atoms in total. The second-order valence-electron chi connectivity index (χ2n) is 9.71. The maximum atomic E-state index is 13.2. The van der Waals surface area contributed by atoms with E-state index in [1.165, 1.54) is 6.26 Å². The van der Waals surface area contributed by atoms with Crippen molar-refractivity contribution in [1.29, 1.82) is 0 Å². The predicted molar refractivity (Wildman–Crippen MR) is 124 cm³/mol. The molecule has 2 aliphatic rings. The SMILES string of the molecule is CC1(C)CC(Nc2ncc3cc(CCO)c(=O)n(C4CCCC4)c3n2)CCN1S(C)(=O)=O. The van der Waals surface area contributed by atoms with Crippen LogP contribution in [0.5, 0.6) is 0 Å². The first-order valence-corrected chi connectivity index (χ1v) is 13.2. The van der Waals surface area contributed by atoms with Crippen molar-refractivity contribution in [1.82, 2.24) is 18.8 Å². The summed E-state index contributed by atoms with van der Waals surface area (Å²) in [6.45, 7) is 4.23. The lowest BCUT2D eigenvalue weighted by molar-refractivity contribution is 0.161. The second-order valence-corrected chi connectivity index (χ2v) is 11.6. The Morgan fingerprint density at radius 3 is 2.59 bits per heavy atom. The van der Waals surface area contributed by atoms with Gasteiger partial charge < -0.3 is 10.4 Å². The lowest BCUT2D eigenvalue weighted by Crippen LogP contribution is -2.55. The van der Waals surface area contributed by atoms with E-state index in [1.54, 1.807) is 21.1 Å². The van der Waals surface area contributed by atoms with Gasteiger partial charge in [0, 0.05) is 54.3 Å². The zero-order valence-corrected chi connectivity index (χ0v) is 19.9. The van der Waals surface area contributed by atoms with Crippen molar-refractivity contribution in [2.45, 2.75) is 76.4 Å². The molecule has 2 fully saturated rings. The van der Waals surface area contributed by atoms with Gasteiger partial charge in [0.2, 0.25) is 16.0 Å². The Kier molecular flexibility index (Phi) is 6.30. The van der Waals surface area contributed by atoms with Crippen LogP contribution in [0, 0.1) is 0 Å². The number of nitrogens with zero attached hydrogens (tertiary/aromatic N) is 4. The van der Waals surface area contributed by atoms with E-state index in [0.717, 1.165) is 31.1 Å². The van der Waals surface area contributed by atoms with E-state index < -0.39 is 15.6 Å². The Labute approximate surface area is 188 Å². The molecule has 0 aromatic carbocycles. The van der Waals surface area contributed by atoms with Crippen LogP contribution in [-0.2, 0) is 16.4 Å². The predicted octanol–water partition coefficient (Wildman–Crippen LogP) is 2.06. The van der Waals surface area contributed by atoms with E-state index in [4.69, 9.17) is 4.98 Å². The monoisotopic (exact) mass is 463 g/mol. The number of fused-ring (bicyclic) bond motifs is 1. The van der Waals surface area contributed by atoms with Gasteiger partial charge in [0.15, 0.2) is 0 Å². The molecular weight excluding hydrogens is 430 g/mol. The van der Waals surface area contributed by atoms with Crippen LogP contribution in [0.2, 0.25) is 0 Å². The molecule has 32 heavy (non-hydrogen) atoms. The number of anilines is 1. The van der Waals surface area contributed by atoms with Crippen LogP contribution in [-0.4, -0.2) is 63.4 Å². The van der Waals surface area contributed by atoms with E-state index >= 15 is 0 Å². The van der Waals surface area contributed by atoms with Crippen molar-refractivity contribution in [2.75, 3.05) is 24.7 Å². The highest BCUT2D eigenvalue weighted by atomic mass is 32.2. The number of nitrogens with one attached hydrogen (secondary N) is 1. The average molecular weight is 464 g/mol. The van der Waals surface area contributed by atoms with Crippen LogP contribution in [0.1, 0.15) is 64.0 Å². The summed E-state index contributed by atoms with van der Waals surface area (Å²) in [7, 11) is -3.27. The van der Waals surface area contributed by atoms with Crippen molar-refractivity contribution in [3.63, 3.8) is 0 Å². The highest BCUT2D eigenvalue weighted by molar-refractivity contribution is 7.88. The van der Waals surface area contributed by atoms with E-state index in [1.807, 2.05) is 13.8 Å². The molecule has 1 saturated heterocycles. The lowest BCUT2D eigenvalue weighted by Gasteiger charge is -2.44. The topological polar surface area (TPSA) is 117 Å². The number of aliphatic hydroxyl groups excluding tert-OH is 1. The van der Waals surface area contributed by atoms with E-state index in [-0.39, 0.29) is 24.2 Å². The Morgan fingerprint density at radius 2 is 1.97 bits per heavy atom. The zero-order chi connectivity index (χ0) is 23.1.